The molecule has 1 atom stereocenters. The van der Waals surface area contributed by atoms with Gasteiger partial charge in [0.2, 0.25) is 11.7 Å². The normalized spacial score (nSPS) is 17.8. The number of fused-ring (bicyclic) bond motifs is 1. The summed E-state index contributed by atoms with van der Waals surface area (Å²) in [4.78, 5) is 31.7. The van der Waals surface area contributed by atoms with Crippen LogP contribution in [0.5, 0.6) is 11.5 Å². The number of amides is 3. The number of rotatable bonds is 6. The minimum Gasteiger partial charge on any atom is -0.497 e. The highest BCUT2D eigenvalue weighted by Crippen LogP contribution is 2.35. The van der Waals surface area contributed by atoms with Gasteiger partial charge in [0, 0.05) is 6.07 Å². The zero-order valence-electron chi connectivity index (χ0n) is 18.9. The molecular formula is C25H22N4O5. The Labute approximate surface area is 195 Å². The van der Waals surface area contributed by atoms with Crippen LogP contribution in [0.1, 0.15) is 18.4 Å². The Kier molecular flexibility index (Phi) is 5.16. The summed E-state index contributed by atoms with van der Waals surface area (Å²) in [5.74, 6) is 1.13. The Hall–Kier alpha value is -4.40. The fraction of sp³-hybridized carbons (Fsp3) is 0.200. The van der Waals surface area contributed by atoms with Gasteiger partial charge in [-0.2, -0.15) is 4.98 Å². The van der Waals surface area contributed by atoms with Crippen LogP contribution in [0.2, 0.25) is 0 Å². The minimum absolute atomic E-state index is 0.124. The van der Waals surface area contributed by atoms with Crippen molar-refractivity contribution in [2.75, 3.05) is 14.2 Å². The third kappa shape index (κ3) is 3.42. The van der Waals surface area contributed by atoms with Crippen molar-refractivity contribution >= 4 is 22.7 Å². The van der Waals surface area contributed by atoms with Crippen molar-refractivity contribution in [2.24, 2.45) is 0 Å². The molecule has 9 heteroatoms. The molecule has 34 heavy (non-hydrogen) atoms. The number of hydrogen-bond acceptors (Lipinski definition) is 7. The summed E-state index contributed by atoms with van der Waals surface area (Å²) in [5.41, 5.74) is 0.0942. The van der Waals surface area contributed by atoms with Crippen molar-refractivity contribution in [3.8, 4) is 22.9 Å². The van der Waals surface area contributed by atoms with E-state index < -0.39 is 17.5 Å². The molecule has 1 fully saturated rings. The molecule has 1 aliphatic rings. The second kappa shape index (κ2) is 8.18. The lowest BCUT2D eigenvalue weighted by Crippen LogP contribution is -2.41. The molecule has 1 aliphatic heterocycles. The number of methoxy groups -OCH3 is 2. The van der Waals surface area contributed by atoms with Gasteiger partial charge in [-0.1, -0.05) is 47.6 Å². The third-order valence-electron chi connectivity index (χ3n) is 6.01. The van der Waals surface area contributed by atoms with Gasteiger partial charge < -0.3 is 19.3 Å². The van der Waals surface area contributed by atoms with Gasteiger partial charge in [-0.05, 0) is 35.4 Å². The van der Waals surface area contributed by atoms with E-state index >= 15 is 0 Å². The molecule has 0 radical (unpaired) electrons. The molecule has 9 nitrogen and oxygen atoms in total. The van der Waals surface area contributed by atoms with Crippen LogP contribution in [0, 0.1) is 0 Å². The summed E-state index contributed by atoms with van der Waals surface area (Å²) >= 11 is 0. The first-order valence-electron chi connectivity index (χ1n) is 10.6. The van der Waals surface area contributed by atoms with Crippen molar-refractivity contribution < 1.29 is 23.6 Å². The van der Waals surface area contributed by atoms with Crippen LogP contribution in [-0.4, -0.2) is 41.2 Å². The standard InChI is InChI=1S/C25H22N4O5/c1-25(19-10-6-8-15-7-4-5-9-17(15)19)23(30)29(24(31)27-25)14-21-26-22(28-34-21)18-12-11-16(32-2)13-20(18)33-3/h4-13H,14H2,1-3H3,(H,27,31). The van der Waals surface area contributed by atoms with E-state index in [1.807, 2.05) is 42.5 Å². The van der Waals surface area contributed by atoms with E-state index in [1.165, 1.54) is 7.11 Å². The van der Waals surface area contributed by atoms with Crippen molar-refractivity contribution in [3.63, 3.8) is 0 Å². The number of imide groups is 1. The Morgan fingerprint density at radius 3 is 2.62 bits per heavy atom. The maximum absolute atomic E-state index is 13.5. The van der Waals surface area contributed by atoms with E-state index in [1.54, 1.807) is 32.2 Å². The topological polar surface area (TPSA) is 107 Å². The van der Waals surface area contributed by atoms with Crippen LogP contribution in [0.3, 0.4) is 0 Å². The Morgan fingerprint density at radius 1 is 1.03 bits per heavy atom. The molecule has 0 aliphatic carbocycles. The molecular weight excluding hydrogens is 436 g/mol. The zero-order chi connectivity index (χ0) is 23.9. The van der Waals surface area contributed by atoms with Gasteiger partial charge in [-0.3, -0.25) is 9.69 Å². The van der Waals surface area contributed by atoms with Crippen LogP contribution in [-0.2, 0) is 16.9 Å². The highest BCUT2D eigenvalue weighted by Gasteiger charge is 2.50. The van der Waals surface area contributed by atoms with Crippen LogP contribution >= 0.6 is 0 Å². The lowest BCUT2D eigenvalue weighted by atomic mass is 9.88. The zero-order valence-corrected chi connectivity index (χ0v) is 18.9. The predicted octanol–water partition coefficient (Wildman–Crippen LogP) is 3.87. The van der Waals surface area contributed by atoms with Gasteiger partial charge in [0.25, 0.3) is 5.91 Å². The number of carbonyl (C=O) groups is 2. The molecule has 0 spiro atoms. The average Bonchev–Trinajstić information content (AvgIpc) is 3.42. The largest absolute Gasteiger partial charge is 0.497 e. The summed E-state index contributed by atoms with van der Waals surface area (Å²) in [6, 6.07) is 18.1. The molecule has 172 valence electrons. The number of hydrogen-bond donors (Lipinski definition) is 1. The number of nitrogens with zero attached hydrogens (tertiary/aromatic N) is 3. The van der Waals surface area contributed by atoms with Crippen molar-refractivity contribution in [1.29, 1.82) is 0 Å². The van der Waals surface area contributed by atoms with Crippen LogP contribution < -0.4 is 14.8 Å². The second-order valence-electron chi connectivity index (χ2n) is 8.05. The molecule has 1 unspecified atom stereocenters. The fourth-order valence-corrected chi connectivity index (χ4v) is 4.23. The first-order chi connectivity index (χ1) is 16.4. The molecule has 1 aromatic heterocycles. The van der Waals surface area contributed by atoms with Crippen LogP contribution in [0.25, 0.3) is 22.2 Å². The number of carbonyl (C=O) groups excluding carboxylic acids is 2. The monoisotopic (exact) mass is 458 g/mol. The fourth-order valence-electron chi connectivity index (χ4n) is 4.23. The maximum Gasteiger partial charge on any atom is 0.325 e. The van der Waals surface area contributed by atoms with Gasteiger partial charge >= 0.3 is 6.03 Å². The quantitative estimate of drug-likeness (QED) is 0.437. The van der Waals surface area contributed by atoms with E-state index in [-0.39, 0.29) is 18.3 Å². The lowest BCUT2D eigenvalue weighted by Gasteiger charge is -2.23. The summed E-state index contributed by atoms with van der Waals surface area (Å²) in [7, 11) is 3.09. The molecule has 0 bridgehead atoms. The Bertz CT molecular complexity index is 1410. The molecule has 1 saturated heterocycles. The highest BCUT2D eigenvalue weighted by atomic mass is 16.5. The molecule has 2 heterocycles. The van der Waals surface area contributed by atoms with Gasteiger partial charge in [-0.25, -0.2) is 4.79 Å². The summed E-state index contributed by atoms with van der Waals surface area (Å²) in [6.07, 6.45) is 0. The van der Waals surface area contributed by atoms with Gasteiger partial charge in [-0.15, -0.1) is 0 Å². The average molecular weight is 458 g/mol. The molecule has 1 N–H and O–H groups in total. The van der Waals surface area contributed by atoms with Gasteiger partial charge in [0.15, 0.2) is 0 Å². The number of aromatic nitrogens is 2. The SMILES string of the molecule is COc1ccc(-c2noc(CN3C(=O)NC(C)(c4cccc5ccccc45)C3=O)n2)c(OC)c1. The van der Waals surface area contributed by atoms with E-state index in [2.05, 4.69) is 15.5 Å². The van der Waals surface area contributed by atoms with Crippen LogP contribution in [0.4, 0.5) is 4.79 Å². The number of urea groups is 1. The maximum atomic E-state index is 13.5. The minimum atomic E-state index is -1.22. The van der Waals surface area contributed by atoms with E-state index in [9.17, 15) is 9.59 Å². The summed E-state index contributed by atoms with van der Waals surface area (Å²) < 4.78 is 16.0. The molecule has 4 aromatic rings. The highest BCUT2D eigenvalue weighted by molar-refractivity contribution is 6.09. The van der Waals surface area contributed by atoms with Gasteiger partial charge in [0.1, 0.15) is 23.6 Å². The van der Waals surface area contributed by atoms with Crippen LogP contribution in [0.15, 0.2) is 65.2 Å². The lowest BCUT2D eigenvalue weighted by molar-refractivity contribution is -0.131. The van der Waals surface area contributed by atoms with Crippen molar-refractivity contribution in [1.82, 2.24) is 20.4 Å². The number of nitrogens with one attached hydrogen (secondary N) is 1. The van der Waals surface area contributed by atoms with E-state index in [4.69, 9.17) is 14.0 Å². The van der Waals surface area contributed by atoms with E-state index in [0.717, 1.165) is 21.2 Å². The Balaban J connectivity index is 1.43. The Morgan fingerprint density at radius 2 is 1.82 bits per heavy atom. The van der Waals surface area contributed by atoms with Crippen molar-refractivity contribution in [3.05, 3.63) is 72.1 Å². The molecule has 0 saturated carbocycles. The van der Waals surface area contributed by atoms with Crippen molar-refractivity contribution in [2.45, 2.75) is 19.0 Å². The first-order valence-corrected chi connectivity index (χ1v) is 10.6. The molecule has 3 aromatic carbocycles. The predicted molar refractivity (Wildman–Crippen MR) is 123 cm³/mol. The van der Waals surface area contributed by atoms with Gasteiger partial charge in [0.05, 0.1) is 19.8 Å². The molecule has 3 amide bonds. The summed E-state index contributed by atoms with van der Waals surface area (Å²) in [5, 5.41) is 8.72. The van der Waals surface area contributed by atoms with E-state index in [0.29, 0.717) is 17.1 Å². The first kappa shape index (κ1) is 21.4. The molecule has 5 rings (SSSR count). The smallest absolute Gasteiger partial charge is 0.325 e. The second-order valence-corrected chi connectivity index (χ2v) is 8.05. The number of benzene rings is 3. The number of ether oxygens (including phenoxy) is 2. The summed E-state index contributed by atoms with van der Waals surface area (Å²) in [6.45, 7) is 1.55. The third-order valence-corrected chi connectivity index (χ3v) is 6.01.